The molecule has 0 saturated carbocycles. The lowest BCUT2D eigenvalue weighted by Crippen LogP contribution is -2.25. The fourth-order valence-electron chi connectivity index (χ4n) is 1.76. The van der Waals surface area contributed by atoms with Crippen molar-refractivity contribution in [1.82, 2.24) is 4.72 Å². The number of sulfonamides is 1. The van der Waals surface area contributed by atoms with Crippen LogP contribution in [0.5, 0.6) is 0 Å². The summed E-state index contributed by atoms with van der Waals surface area (Å²) in [5, 5.41) is 9.39. The van der Waals surface area contributed by atoms with E-state index in [1.165, 1.54) is 12.1 Å². The van der Waals surface area contributed by atoms with Crippen LogP contribution >= 0.6 is 23.2 Å². The van der Waals surface area contributed by atoms with E-state index in [9.17, 15) is 8.42 Å². The minimum atomic E-state index is -3.71. The van der Waals surface area contributed by atoms with Gasteiger partial charge in [0.05, 0.1) is 11.6 Å². The quantitative estimate of drug-likeness (QED) is 0.713. The normalized spacial score (nSPS) is 11.8. The molecular weight excluding hydrogens is 321 g/mol. The molecule has 0 unspecified atom stereocenters. The third-order valence-electron chi connectivity index (χ3n) is 2.86. The van der Waals surface area contributed by atoms with Crippen molar-refractivity contribution in [1.29, 1.82) is 0 Å². The fourth-order valence-corrected chi connectivity index (χ4v) is 3.76. The van der Waals surface area contributed by atoms with E-state index in [0.29, 0.717) is 12.1 Å². The van der Waals surface area contributed by atoms with Gasteiger partial charge in [0.15, 0.2) is 0 Å². The lowest BCUT2D eigenvalue weighted by atomic mass is 10.2. The first-order valence-electron chi connectivity index (χ1n) is 6.50. The zero-order chi connectivity index (χ0) is 15.2. The fraction of sp³-hybridized carbons (Fsp3) is 0.538. The number of hydrogen-bond acceptors (Lipinski definition) is 3. The van der Waals surface area contributed by atoms with Gasteiger partial charge in [-0.3, -0.25) is 0 Å². The van der Waals surface area contributed by atoms with E-state index >= 15 is 0 Å². The summed E-state index contributed by atoms with van der Waals surface area (Å²) in [6.45, 7) is 2.09. The number of nitrogens with one attached hydrogen (secondary N) is 1. The lowest BCUT2D eigenvalue weighted by molar-refractivity contribution is 0.281. The molecule has 0 aliphatic carbocycles. The van der Waals surface area contributed by atoms with E-state index in [1.54, 1.807) is 0 Å². The van der Waals surface area contributed by atoms with Gasteiger partial charge in [-0.05, 0) is 24.1 Å². The number of hydrogen-bond donors (Lipinski definition) is 2. The van der Waals surface area contributed by atoms with E-state index in [1.807, 2.05) is 0 Å². The topological polar surface area (TPSA) is 66.4 Å². The number of unbranched alkanes of at least 4 members (excludes halogenated alkanes) is 3. The van der Waals surface area contributed by atoms with Crippen molar-refractivity contribution in [2.45, 2.75) is 44.1 Å². The van der Waals surface area contributed by atoms with Crippen molar-refractivity contribution in [2.24, 2.45) is 0 Å². The van der Waals surface area contributed by atoms with Crippen LogP contribution < -0.4 is 4.72 Å². The predicted molar refractivity (Wildman–Crippen MR) is 81.7 cm³/mol. The monoisotopic (exact) mass is 339 g/mol. The summed E-state index contributed by atoms with van der Waals surface area (Å²) in [4.78, 5) is -0.0915. The molecule has 0 aliphatic rings. The lowest BCUT2D eigenvalue weighted by Gasteiger charge is -2.11. The molecule has 0 saturated heterocycles. The van der Waals surface area contributed by atoms with Gasteiger partial charge in [-0.1, -0.05) is 49.4 Å². The van der Waals surface area contributed by atoms with Crippen molar-refractivity contribution in [3.8, 4) is 0 Å². The first-order valence-corrected chi connectivity index (χ1v) is 8.74. The highest BCUT2D eigenvalue weighted by atomic mass is 35.5. The van der Waals surface area contributed by atoms with Gasteiger partial charge in [-0.2, -0.15) is 0 Å². The molecule has 0 aromatic heterocycles. The van der Waals surface area contributed by atoms with Crippen LogP contribution in [0.1, 0.15) is 38.2 Å². The first-order chi connectivity index (χ1) is 9.42. The maximum absolute atomic E-state index is 12.2. The van der Waals surface area contributed by atoms with Crippen molar-refractivity contribution in [2.75, 3.05) is 6.54 Å². The molecule has 0 atom stereocenters. The Labute approximate surface area is 130 Å². The van der Waals surface area contributed by atoms with Crippen LogP contribution in [0, 0.1) is 0 Å². The second kappa shape index (κ2) is 8.20. The predicted octanol–water partition coefficient (Wildman–Crippen LogP) is 3.34. The largest absolute Gasteiger partial charge is 0.392 e. The van der Waals surface area contributed by atoms with Crippen molar-refractivity contribution >= 4 is 33.2 Å². The molecule has 0 heterocycles. The number of benzene rings is 1. The van der Waals surface area contributed by atoms with E-state index in [4.69, 9.17) is 28.3 Å². The summed E-state index contributed by atoms with van der Waals surface area (Å²) in [6.07, 6.45) is 3.92. The first kappa shape index (κ1) is 17.7. The summed E-state index contributed by atoms with van der Waals surface area (Å²) in [5.74, 6) is 0. The van der Waals surface area contributed by atoms with Crippen LogP contribution in [0.2, 0.25) is 10.0 Å². The van der Waals surface area contributed by atoms with Crippen LogP contribution in [0.25, 0.3) is 0 Å². The third-order valence-corrected chi connectivity index (χ3v) is 5.12. The molecule has 20 heavy (non-hydrogen) atoms. The zero-order valence-electron chi connectivity index (χ0n) is 11.3. The molecule has 0 fully saturated rings. The van der Waals surface area contributed by atoms with Crippen molar-refractivity contribution in [3.05, 3.63) is 27.7 Å². The van der Waals surface area contributed by atoms with Crippen LogP contribution in [0.4, 0.5) is 0 Å². The van der Waals surface area contributed by atoms with E-state index < -0.39 is 10.0 Å². The molecule has 0 aliphatic heterocycles. The number of rotatable bonds is 8. The molecule has 0 spiro atoms. The van der Waals surface area contributed by atoms with Gasteiger partial charge in [-0.15, -0.1) is 0 Å². The standard InChI is InChI=1S/C13H19Cl2NO3S/c1-2-3-4-5-6-16-20(18,19)12-8-11(14)7-10(9-17)13(12)15/h7-8,16-17H,2-6,9H2,1H3. The van der Waals surface area contributed by atoms with Crippen LogP contribution in [-0.2, 0) is 16.6 Å². The molecule has 114 valence electrons. The maximum Gasteiger partial charge on any atom is 0.242 e. The van der Waals surface area contributed by atoms with Crippen LogP contribution in [-0.4, -0.2) is 20.1 Å². The second-order valence-electron chi connectivity index (χ2n) is 4.49. The molecule has 4 nitrogen and oxygen atoms in total. The van der Waals surface area contributed by atoms with Gasteiger partial charge in [0.25, 0.3) is 0 Å². The summed E-state index contributed by atoms with van der Waals surface area (Å²) in [6, 6.07) is 2.74. The highest BCUT2D eigenvalue weighted by Crippen LogP contribution is 2.29. The van der Waals surface area contributed by atoms with Crippen molar-refractivity contribution < 1.29 is 13.5 Å². The average Bonchev–Trinajstić information content (AvgIpc) is 2.40. The van der Waals surface area contributed by atoms with Crippen LogP contribution in [0.15, 0.2) is 17.0 Å². The van der Waals surface area contributed by atoms with Gasteiger partial charge in [0.2, 0.25) is 10.0 Å². The number of halogens is 2. The second-order valence-corrected chi connectivity index (χ2v) is 7.04. The Kier molecular flexibility index (Phi) is 7.26. The minimum Gasteiger partial charge on any atom is -0.392 e. The summed E-state index contributed by atoms with van der Waals surface area (Å²) in [7, 11) is -3.71. The molecule has 7 heteroatoms. The smallest absolute Gasteiger partial charge is 0.242 e. The van der Waals surface area contributed by atoms with Crippen LogP contribution in [0.3, 0.4) is 0 Å². The molecule has 1 aromatic carbocycles. The number of aliphatic hydroxyl groups is 1. The van der Waals surface area contributed by atoms with E-state index in [-0.39, 0.29) is 21.5 Å². The van der Waals surface area contributed by atoms with Crippen molar-refractivity contribution in [3.63, 3.8) is 0 Å². The Balaban J connectivity index is 2.84. The number of aliphatic hydroxyl groups excluding tert-OH is 1. The molecule has 0 bridgehead atoms. The molecule has 0 amide bonds. The summed E-state index contributed by atoms with van der Waals surface area (Å²) in [5.41, 5.74) is 0.297. The molecule has 1 aromatic rings. The average molecular weight is 340 g/mol. The Hall–Kier alpha value is -0.330. The van der Waals surface area contributed by atoms with Gasteiger partial charge in [0, 0.05) is 11.6 Å². The maximum atomic E-state index is 12.2. The summed E-state index contributed by atoms with van der Waals surface area (Å²) >= 11 is 11.8. The zero-order valence-corrected chi connectivity index (χ0v) is 13.7. The Morgan fingerprint density at radius 1 is 1.20 bits per heavy atom. The molecule has 1 rings (SSSR count). The molecule has 2 N–H and O–H groups in total. The Morgan fingerprint density at radius 3 is 2.50 bits per heavy atom. The minimum absolute atomic E-state index is 0.0120. The van der Waals surface area contributed by atoms with Gasteiger partial charge >= 0.3 is 0 Å². The molecular formula is C13H19Cl2NO3S. The van der Waals surface area contributed by atoms with Gasteiger partial charge in [0.1, 0.15) is 4.90 Å². The van der Waals surface area contributed by atoms with Gasteiger partial charge in [-0.25, -0.2) is 13.1 Å². The SMILES string of the molecule is CCCCCCNS(=O)(=O)c1cc(Cl)cc(CO)c1Cl. The Morgan fingerprint density at radius 2 is 1.90 bits per heavy atom. The Bertz CT molecular complexity index is 547. The molecule has 0 radical (unpaired) electrons. The highest BCUT2D eigenvalue weighted by molar-refractivity contribution is 7.89. The highest BCUT2D eigenvalue weighted by Gasteiger charge is 2.20. The summed E-state index contributed by atoms with van der Waals surface area (Å²) < 4.78 is 26.8. The van der Waals surface area contributed by atoms with Gasteiger partial charge < -0.3 is 5.11 Å². The van der Waals surface area contributed by atoms with E-state index in [2.05, 4.69) is 11.6 Å². The van der Waals surface area contributed by atoms with E-state index in [0.717, 1.165) is 25.7 Å². The third kappa shape index (κ3) is 4.90.